The number of aliphatic hydroxyl groups excluding tert-OH is 1. The van der Waals surface area contributed by atoms with E-state index in [0.717, 1.165) is 16.9 Å². The average Bonchev–Trinajstić information content (AvgIpc) is 2.51. The first-order chi connectivity index (χ1) is 9.85. The molecule has 0 aliphatic carbocycles. The molecule has 0 amide bonds. The van der Waals surface area contributed by atoms with E-state index in [2.05, 4.69) is 5.32 Å². The number of ether oxygens (including phenoxy) is 1. The second-order valence-corrected chi connectivity index (χ2v) is 4.57. The van der Waals surface area contributed by atoms with Crippen molar-refractivity contribution in [2.24, 2.45) is 0 Å². The predicted octanol–water partition coefficient (Wildman–Crippen LogP) is 2.91. The molecule has 0 unspecified atom stereocenters. The topological polar surface area (TPSA) is 41.5 Å². The maximum atomic E-state index is 9.54. The van der Waals surface area contributed by atoms with Gasteiger partial charge in [-0.05, 0) is 18.6 Å². The summed E-state index contributed by atoms with van der Waals surface area (Å²) in [6.07, 6.45) is 0. The van der Waals surface area contributed by atoms with Crippen LogP contribution >= 0.6 is 0 Å². The maximum absolute atomic E-state index is 9.54. The first-order valence-corrected chi connectivity index (χ1v) is 6.95. The number of rotatable bonds is 7. The maximum Gasteiger partial charge on any atom is 0.123 e. The van der Waals surface area contributed by atoms with E-state index in [4.69, 9.17) is 4.74 Å². The van der Waals surface area contributed by atoms with E-state index in [1.54, 1.807) is 0 Å². The van der Waals surface area contributed by atoms with E-state index < -0.39 is 0 Å². The normalized spacial score (nSPS) is 12.1. The van der Waals surface area contributed by atoms with Crippen molar-refractivity contribution in [3.63, 3.8) is 0 Å². The fraction of sp³-hybridized carbons (Fsp3) is 0.294. The van der Waals surface area contributed by atoms with Gasteiger partial charge in [-0.2, -0.15) is 0 Å². The van der Waals surface area contributed by atoms with Crippen LogP contribution in [-0.4, -0.2) is 18.3 Å². The quantitative estimate of drug-likeness (QED) is 0.813. The molecular formula is C17H21NO2. The van der Waals surface area contributed by atoms with Crippen LogP contribution in [0, 0.1) is 0 Å². The molecule has 3 nitrogen and oxygen atoms in total. The number of aliphatic hydroxyl groups is 1. The second-order valence-electron chi connectivity index (χ2n) is 4.57. The van der Waals surface area contributed by atoms with Gasteiger partial charge in [-0.3, -0.25) is 0 Å². The fourth-order valence-electron chi connectivity index (χ4n) is 2.15. The molecule has 0 bridgehead atoms. The molecule has 106 valence electrons. The summed E-state index contributed by atoms with van der Waals surface area (Å²) in [5.74, 6) is 0.896. The van der Waals surface area contributed by atoms with Crippen LogP contribution in [-0.2, 0) is 6.54 Å². The third-order valence-corrected chi connectivity index (χ3v) is 3.20. The Labute approximate surface area is 120 Å². The highest BCUT2D eigenvalue weighted by Gasteiger charge is 2.10. The summed E-state index contributed by atoms with van der Waals surface area (Å²) in [6, 6.07) is 17.9. The van der Waals surface area contributed by atoms with E-state index in [0.29, 0.717) is 13.2 Å². The summed E-state index contributed by atoms with van der Waals surface area (Å²) in [5, 5.41) is 12.9. The number of para-hydroxylation sites is 1. The molecule has 2 aromatic rings. The van der Waals surface area contributed by atoms with Crippen molar-refractivity contribution < 1.29 is 9.84 Å². The Bertz CT molecular complexity index is 513. The summed E-state index contributed by atoms with van der Waals surface area (Å²) in [4.78, 5) is 0. The smallest absolute Gasteiger partial charge is 0.123 e. The average molecular weight is 271 g/mol. The molecule has 20 heavy (non-hydrogen) atoms. The van der Waals surface area contributed by atoms with Crippen LogP contribution in [0.2, 0.25) is 0 Å². The van der Waals surface area contributed by atoms with Crippen molar-refractivity contribution in [1.82, 2.24) is 5.32 Å². The number of hydrogen-bond acceptors (Lipinski definition) is 3. The van der Waals surface area contributed by atoms with Crippen LogP contribution in [0.1, 0.15) is 24.1 Å². The zero-order valence-electron chi connectivity index (χ0n) is 11.8. The van der Waals surface area contributed by atoms with Crippen molar-refractivity contribution in [3.05, 3.63) is 65.7 Å². The largest absolute Gasteiger partial charge is 0.494 e. The molecule has 2 rings (SSSR count). The molecule has 0 aliphatic rings. The second kappa shape index (κ2) is 7.68. The van der Waals surface area contributed by atoms with E-state index in [1.807, 2.05) is 61.5 Å². The Morgan fingerprint density at radius 2 is 1.75 bits per heavy atom. The van der Waals surface area contributed by atoms with Crippen LogP contribution in [0.5, 0.6) is 5.75 Å². The standard InChI is InChI=1S/C17H21NO2/c1-2-20-17-11-7-6-10-15(17)12-18-16(13-19)14-8-4-3-5-9-14/h3-11,16,18-19H,2,12-13H2,1H3/t16-/m1/s1. The monoisotopic (exact) mass is 271 g/mol. The molecule has 2 aromatic carbocycles. The molecular weight excluding hydrogens is 250 g/mol. The number of nitrogens with one attached hydrogen (secondary N) is 1. The van der Waals surface area contributed by atoms with Crippen LogP contribution < -0.4 is 10.1 Å². The summed E-state index contributed by atoms with van der Waals surface area (Å²) < 4.78 is 5.61. The van der Waals surface area contributed by atoms with Gasteiger partial charge in [-0.15, -0.1) is 0 Å². The van der Waals surface area contributed by atoms with Gasteiger partial charge in [0.25, 0.3) is 0 Å². The number of hydrogen-bond donors (Lipinski definition) is 2. The van der Waals surface area contributed by atoms with E-state index in [-0.39, 0.29) is 12.6 Å². The van der Waals surface area contributed by atoms with E-state index in [9.17, 15) is 5.11 Å². The lowest BCUT2D eigenvalue weighted by atomic mass is 10.1. The van der Waals surface area contributed by atoms with Gasteiger partial charge in [-0.25, -0.2) is 0 Å². The molecule has 0 aliphatic heterocycles. The lowest BCUT2D eigenvalue weighted by Gasteiger charge is -2.18. The van der Waals surface area contributed by atoms with E-state index >= 15 is 0 Å². The minimum Gasteiger partial charge on any atom is -0.494 e. The summed E-state index contributed by atoms with van der Waals surface area (Å²) in [6.45, 7) is 3.36. The molecule has 2 N–H and O–H groups in total. The zero-order valence-corrected chi connectivity index (χ0v) is 11.8. The minimum absolute atomic E-state index is 0.0640. The van der Waals surface area contributed by atoms with Crippen molar-refractivity contribution in [2.45, 2.75) is 19.5 Å². The third-order valence-electron chi connectivity index (χ3n) is 3.20. The molecule has 0 heterocycles. The van der Waals surface area contributed by atoms with Crippen molar-refractivity contribution >= 4 is 0 Å². The SMILES string of the molecule is CCOc1ccccc1CN[C@H](CO)c1ccccc1. The minimum atomic E-state index is -0.0640. The molecule has 0 spiro atoms. The number of benzene rings is 2. The third kappa shape index (κ3) is 3.83. The fourth-order valence-corrected chi connectivity index (χ4v) is 2.15. The molecule has 0 saturated heterocycles. The van der Waals surface area contributed by atoms with Gasteiger partial charge in [-0.1, -0.05) is 48.5 Å². The summed E-state index contributed by atoms with van der Waals surface area (Å²) in [7, 11) is 0. The zero-order chi connectivity index (χ0) is 14.2. The highest BCUT2D eigenvalue weighted by Crippen LogP contribution is 2.19. The summed E-state index contributed by atoms with van der Waals surface area (Å²) >= 11 is 0. The highest BCUT2D eigenvalue weighted by molar-refractivity contribution is 5.33. The van der Waals surface area contributed by atoms with Crippen LogP contribution in [0.15, 0.2) is 54.6 Å². The van der Waals surface area contributed by atoms with Gasteiger partial charge in [0.15, 0.2) is 0 Å². The molecule has 1 atom stereocenters. The van der Waals surface area contributed by atoms with Crippen molar-refractivity contribution in [2.75, 3.05) is 13.2 Å². The lowest BCUT2D eigenvalue weighted by molar-refractivity contribution is 0.243. The Morgan fingerprint density at radius 3 is 2.45 bits per heavy atom. The van der Waals surface area contributed by atoms with Crippen molar-refractivity contribution in [1.29, 1.82) is 0 Å². The van der Waals surface area contributed by atoms with Gasteiger partial charge in [0.1, 0.15) is 5.75 Å². The van der Waals surface area contributed by atoms with Gasteiger partial charge >= 0.3 is 0 Å². The molecule has 0 radical (unpaired) electrons. The summed E-state index contributed by atoms with van der Waals surface area (Å²) in [5.41, 5.74) is 2.19. The first kappa shape index (κ1) is 14.6. The molecule has 3 heteroatoms. The highest BCUT2D eigenvalue weighted by atomic mass is 16.5. The Kier molecular flexibility index (Phi) is 5.59. The Hall–Kier alpha value is -1.84. The van der Waals surface area contributed by atoms with Gasteiger partial charge in [0, 0.05) is 12.1 Å². The Balaban J connectivity index is 2.04. The van der Waals surface area contributed by atoms with E-state index in [1.165, 1.54) is 0 Å². The van der Waals surface area contributed by atoms with Crippen LogP contribution in [0.3, 0.4) is 0 Å². The van der Waals surface area contributed by atoms with Crippen LogP contribution in [0.4, 0.5) is 0 Å². The van der Waals surface area contributed by atoms with Crippen molar-refractivity contribution in [3.8, 4) is 5.75 Å². The van der Waals surface area contributed by atoms with Gasteiger partial charge in [0.05, 0.1) is 19.3 Å². The Morgan fingerprint density at radius 1 is 1.05 bits per heavy atom. The first-order valence-electron chi connectivity index (χ1n) is 6.95. The van der Waals surface area contributed by atoms with Crippen LogP contribution in [0.25, 0.3) is 0 Å². The van der Waals surface area contributed by atoms with Gasteiger partial charge < -0.3 is 15.2 Å². The molecule has 0 fully saturated rings. The molecule has 0 saturated carbocycles. The van der Waals surface area contributed by atoms with Gasteiger partial charge in [0.2, 0.25) is 0 Å². The predicted molar refractivity (Wildman–Crippen MR) is 80.7 cm³/mol. The molecule has 0 aromatic heterocycles. The lowest BCUT2D eigenvalue weighted by Crippen LogP contribution is -2.24.